The number of nitrogens with zero attached hydrogens (tertiary/aromatic N) is 2. The van der Waals surface area contributed by atoms with Crippen LogP contribution in [-0.4, -0.2) is 28.8 Å². The molecule has 21 heavy (non-hydrogen) atoms. The van der Waals surface area contributed by atoms with Gasteiger partial charge in [-0.1, -0.05) is 0 Å². The van der Waals surface area contributed by atoms with Crippen molar-refractivity contribution in [2.75, 3.05) is 13.2 Å². The minimum absolute atomic E-state index is 0.0739. The Bertz CT molecular complexity index is 716. The first-order chi connectivity index (χ1) is 10.1. The SMILES string of the molecule is Cc1nn(C)cc1C=CC(=O)c1ccc2c(c1)OCCO2. The Hall–Kier alpha value is -2.56. The topological polar surface area (TPSA) is 53.4 Å². The fraction of sp³-hybridized carbons (Fsp3) is 0.250. The lowest BCUT2D eigenvalue weighted by molar-refractivity contribution is 0.104. The van der Waals surface area contributed by atoms with E-state index in [0.29, 0.717) is 30.3 Å². The first-order valence-electron chi connectivity index (χ1n) is 6.76. The van der Waals surface area contributed by atoms with Crippen LogP contribution in [0.15, 0.2) is 30.5 Å². The number of carbonyl (C=O) groups is 1. The molecule has 0 atom stereocenters. The maximum absolute atomic E-state index is 12.2. The van der Waals surface area contributed by atoms with Crippen LogP contribution in [0.2, 0.25) is 0 Å². The zero-order valence-electron chi connectivity index (χ0n) is 12.0. The molecule has 2 aromatic rings. The summed E-state index contributed by atoms with van der Waals surface area (Å²) in [5.41, 5.74) is 2.41. The maximum Gasteiger partial charge on any atom is 0.185 e. The summed E-state index contributed by atoms with van der Waals surface area (Å²) in [5.74, 6) is 1.23. The molecule has 0 saturated heterocycles. The van der Waals surface area contributed by atoms with Gasteiger partial charge in [-0.25, -0.2) is 0 Å². The van der Waals surface area contributed by atoms with Crippen molar-refractivity contribution in [1.29, 1.82) is 0 Å². The molecule has 0 N–H and O–H groups in total. The maximum atomic E-state index is 12.2. The van der Waals surface area contributed by atoms with Gasteiger partial charge in [-0.3, -0.25) is 9.48 Å². The highest BCUT2D eigenvalue weighted by atomic mass is 16.6. The summed E-state index contributed by atoms with van der Waals surface area (Å²) in [6, 6.07) is 5.23. The van der Waals surface area contributed by atoms with Crippen molar-refractivity contribution < 1.29 is 14.3 Å². The van der Waals surface area contributed by atoms with E-state index in [9.17, 15) is 4.79 Å². The van der Waals surface area contributed by atoms with Crippen molar-refractivity contribution in [1.82, 2.24) is 9.78 Å². The van der Waals surface area contributed by atoms with Crippen LogP contribution >= 0.6 is 0 Å². The molecular formula is C16H16N2O3. The van der Waals surface area contributed by atoms with E-state index in [0.717, 1.165) is 11.3 Å². The van der Waals surface area contributed by atoms with E-state index < -0.39 is 0 Å². The quantitative estimate of drug-likeness (QED) is 0.641. The van der Waals surface area contributed by atoms with Crippen molar-refractivity contribution in [2.45, 2.75) is 6.92 Å². The van der Waals surface area contributed by atoms with Gasteiger partial charge < -0.3 is 9.47 Å². The number of aryl methyl sites for hydroxylation is 2. The van der Waals surface area contributed by atoms with Crippen LogP contribution in [0.25, 0.3) is 6.08 Å². The Balaban J connectivity index is 1.80. The Labute approximate surface area is 122 Å². The Morgan fingerprint density at radius 3 is 2.76 bits per heavy atom. The van der Waals surface area contributed by atoms with Gasteiger partial charge >= 0.3 is 0 Å². The molecule has 5 nitrogen and oxygen atoms in total. The number of ether oxygens (including phenoxy) is 2. The Morgan fingerprint density at radius 1 is 1.29 bits per heavy atom. The fourth-order valence-corrected chi connectivity index (χ4v) is 2.24. The summed E-state index contributed by atoms with van der Waals surface area (Å²) in [6.07, 6.45) is 5.21. The predicted molar refractivity (Wildman–Crippen MR) is 78.7 cm³/mol. The van der Waals surface area contributed by atoms with Crippen molar-refractivity contribution >= 4 is 11.9 Å². The highest BCUT2D eigenvalue weighted by Gasteiger charge is 2.13. The summed E-state index contributed by atoms with van der Waals surface area (Å²) in [7, 11) is 1.85. The normalized spacial score (nSPS) is 13.6. The van der Waals surface area contributed by atoms with E-state index in [1.165, 1.54) is 0 Å². The number of aromatic nitrogens is 2. The predicted octanol–water partition coefficient (Wildman–Crippen LogP) is 2.40. The molecule has 0 radical (unpaired) electrons. The van der Waals surface area contributed by atoms with Gasteiger partial charge in [-0.05, 0) is 37.3 Å². The van der Waals surface area contributed by atoms with Gasteiger partial charge in [-0.15, -0.1) is 0 Å². The number of rotatable bonds is 3. The van der Waals surface area contributed by atoms with E-state index in [1.54, 1.807) is 35.0 Å². The number of carbonyl (C=O) groups excluding carboxylic acids is 1. The second kappa shape index (κ2) is 5.44. The lowest BCUT2D eigenvalue weighted by Gasteiger charge is -2.18. The summed E-state index contributed by atoms with van der Waals surface area (Å²) in [6.45, 7) is 2.96. The van der Waals surface area contributed by atoms with Crippen molar-refractivity contribution in [3.8, 4) is 11.5 Å². The second-order valence-electron chi connectivity index (χ2n) is 4.90. The van der Waals surface area contributed by atoms with Gasteiger partial charge in [0, 0.05) is 24.4 Å². The Morgan fingerprint density at radius 2 is 2.05 bits per heavy atom. The van der Waals surface area contributed by atoms with Crippen molar-refractivity contribution in [2.24, 2.45) is 7.05 Å². The van der Waals surface area contributed by atoms with E-state index in [1.807, 2.05) is 20.2 Å². The molecule has 0 spiro atoms. The fourth-order valence-electron chi connectivity index (χ4n) is 2.24. The first kappa shape index (κ1) is 13.4. The third-order valence-electron chi connectivity index (χ3n) is 3.29. The molecule has 1 aliphatic heterocycles. The van der Waals surface area contributed by atoms with Crippen LogP contribution < -0.4 is 9.47 Å². The molecule has 0 fully saturated rings. The van der Waals surface area contributed by atoms with Gasteiger partial charge in [0.05, 0.1) is 5.69 Å². The number of fused-ring (bicyclic) bond motifs is 1. The molecule has 0 amide bonds. The summed E-state index contributed by atoms with van der Waals surface area (Å²) >= 11 is 0. The highest BCUT2D eigenvalue weighted by Crippen LogP contribution is 2.30. The molecule has 0 unspecified atom stereocenters. The second-order valence-corrected chi connectivity index (χ2v) is 4.90. The van der Waals surface area contributed by atoms with Gasteiger partial charge in [0.1, 0.15) is 13.2 Å². The lowest BCUT2D eigenvalue weighted by Crippen LogP contribution is -2.15. The third kappa shape index (κ3) is 2.81. The first-order valence-corrected chi connectivity index (χ1v) is 6.76. The van der Waals surface area contributed by atoms with E-state index in [-0.39, 0.29) is 5.78 Å². The zero-order chi connectivity index (χ0) is 14.8. The number of allylic oxidation sites excluding steroid dienone is 1. The number of hydrogen-bond donors (Lipinski definition) is 0. The molecule has 1 aliphatic rings. The summed E-state index contributed by atoms with van der Waals surface area (Å²) < 4.78 is 12.7. The van der Waals surface area contributed by atoms with E-state index in [2.05, 4.69) is 5.10 Å². The molecule has 1 aromatic heterocycles. The lowest BCUT2D eigenvalue weighted by atomic mass is 10.1. The summed E-state index contributed by atoms with van der Waals surface area (Å²) in [4.78, 5) is 12.2. The van der Waals surface area contributed by atoms with Crippen LogP contribution in [0.3, 0.4) is 0 Å². The molecule has 0 saturated carbocycles. The number of ketones is 1. The van der Waals surface area contributed by atoms with Gasteiger partial charge in [-0.2, -0.15) is 5.10 Å². The number of hydrogen-bond acceptors (Lipinski definition) is 4. The minimum Gasteiger partial charge on any atom is -0.486 e. The molecule has 1 aromatic carbocycles. The molecule has 2 heterocycles. The summed E-state index contributed by atoms with van der Waals surface area (Å²) in [5, 5.41) is 4.24. The van der Waals surface area contributed by atoms with Gasteiger partial charge in [0.25, 0.3) is 0 Å². The van der Waals surface area contributed by atoms with Gasteiger partial charge in [0.2, 0.25) is 0 Å². The van der Waals surface area contributed by atoms with Crippen LogP contribution in [0.1, 0.15) is 21.6 Å². The van der Waals surface area contributed by atoms with Crippen LogP contribution in [0, 0.1) is 6.92 Å². The monoisotopic (exact) mass is 284 g/mol. The van der Waals surface area contributed by atoms with Crippen molar-refractivity contribution in [3.63, 3.8) is 0 Å². The average molecular weight is 284 g/mol. The van der Waals surface area contributed by atoms with Crippen LogP contribution in [-0.2, 0) is 7.05 Å². The third-order valence-corrected chi connectivity index (χ3v) is 3.29. The molecule has 3 rings (SSSR count). The van der Waals surface area contributed by atoms with E-state index in [4.69, 9.17) is 9.47 Å². The molecule has 5 heteroatoms. The molecule has 108 valence electrons. The van der Waals surface area contributed by atoms with E-state index >= 15 is 0 Å². The zero-order valence-corrected chi connectivity index (χ0v) is 12.0. The van der Waals surface area contributed by atoms with Crippen molar-refractivity contribution in [3.05, 3.63) is 47.3 Å². The van der Waals surface area contributed by atoms with Crippen LogP contribution in [0.4, 0.5) is 0 Å². The highest BCUT2D eigenvalue weighted by molar-refractivity contribution is 6.07. The Kier molecular flexibility index (Phi) is 3.48. The largest absolute Gasteiger partial charge is 0.486 e. The molecule has 0 bridgehead atoms. The standard InChI is InChI=1S/C16H16N2O3/c1-11-13(10-18(2)17-11)3-5-14(19)12-4-6-15-16(9-12)21-8-7-20-15/h3-6,9-10H,7-8H2,1-2H3. The number of benzene rings is 1. The average Bonchev–Trinajstić information content (AvgIpc) is 2.82. The van der Waals surface area contributed by atoms with Gasteiger partial charge in [0.15, 0.2) is 17.3 Å². The minimum atomic E-state index is -0.0739. The molecule has 0 aliphatic carbocycles. The smallest absolute Gasteiger partial charge is 0.185 e. The molecular weight excluding hydrogens is 268 g/mol. The van der Waals surface area contributed by atoms with Crippen LogP contribution in [0.5, 0.6) is 11.5 Å².